The van der Waals surface area contributed by atoms with Crippen molar-refractivity contribution in [2.75, 3.05) is 0 Å². The van der Waals surface area contributed by atoms with E-state index in [4.69, 9.17) is 4.42 Å². The second-order valence-electron chi connectivity index (χ2n) is 10.1. The normalized spacial score (nSPS) is 11.6. The molecule has 8 rings (SSSR count). The second-order valence-corrected chi connectivity index (χ2v) is 10.1. The highest BCUT2D eigenvalue weighted by Gasteiger charge is 2.19. The van der Waals surface area contributed by atoms with Crippen molar-refractivity contribution in [3.05, 3.63) is 146 Å². The fourth-order valence-corrected chi connectivity index (χ4v) is 6.11. The van der Waals surface area contributed by atoms with Crippen LogP contribution in [0.3, 0.4) is 0 Å². The van der Waals surface area contributed by atoms with Gasteiger partial charge in [-0.15, -0.1) is 0 Å². The Balaban J connectivity index is 1.43. The van der Waals surface area contributed by atoms with Gasteiger partial charge in [-0.25, -0.2) is 0 Å². The first kappa shape index (κ1) is 21.9. The summed E-state index contributed by atoms with van der Waals surface area (Å²) in [6.45, 7) is 0. The van der Waals surface area contributed by atoms with Crippen LogP contribution in [-0.2, 0) is 0 Å². The maximum Gasteiger partial charge on any atom is 0.134 e. The lowest BCUT2D eigenvalue weighted by atomic mass is 9.85. The molecule has 182 valence electrons. The zero-order valence-corrected chi connectivity index (χ0v) is 21.3. The molecule has 0 amide bonds. The number of hydrogen-bond donors (Lipinski definition) is 0. The van der Waals surface area contributed by atoms with E-state index in [0.29, 0.717) is 0 Å². The molecule has 0 aliphatic heterocycles. The molecule has 1 heteroatoms. The number of para-hydroxylation sites is 1. The van der Waals surface area contributed by atoms with E-state index in [0.717, 1.165) is 16.5 Å². The van der Waals surface area contributed by atoms with Crippen LogP contribution in [0.5, 0.6) is 0 Å². The van der Waals surface area contributed by atoms with Gasteiger partial charge in [-0.05, 0) is 72.8 Å². The molecule has 8 aromatic rings. The van der Waals surface area contributed by atoms with Gasteiger partial charge >= 0.3 is 0 Å². The Morgan fingerprint density at radius 1 is 0.359 bits per heavy atom. The summed E-state index contributed by atoms with van der Waals surface area (Å²) < 4.78 is 6.01. The van der Waals surface area contributed by atoms with Crippen LogP contribution >= 0.6 is 0 Å². The van der Waals surface area contributed by atoms with E-state index in [-0.39, 0.29) is 0 Å². The van der Waals surface area contributed by atoms with Crippen molar-refractivity contribution in [3.63, 3.8) is 0 Å². The molecule has 0 atom stereocenters. The van der Waals surface area contributed by atoms with Gasteiger partial charge in [-0.3, -0.25) is 0 Å². The smallest absolute Gasteiger partial charge is 0.134 e. The van der Waals surface area contributed by atoms with E-state index in [9.17, 15) is 0 Å². The van der Waals surface area contributed by atoms with Crippen LogP contribution < -0.4 is 0 Å². The molecule has 0 saturated heterocycles. The molecule has 0 N–H and O–H groups in total. The molecule has 0 fully saturated rings. The van der Waals surface area contributed by atoms with Crippen LogP contribution in [0.25, 0.3) is 76.7 Å². The van der Waals surface area contributed by atoms with Gasteiger partial charge in [0.1, 0.15) is 5.58 Å². The monoisotopic (exact) mass is 496 g/mol. The van der Waals surface area contributed by atoms with E-state index in [1.165, 1.54) is 60.1 Å². The van der Waals surface area contributed by atoms with Crippen molar-refractivity contribution in [1.29, 1.82) is 0 Å². The third-order valence-corrected chi connectivity index (χ3v) is 7.92. The fraction of sp³-hybridized carbons (Fsp3) is 0. The van der Waals surface area contributed by atoms with Crippen molar-refractivity contribution in [2.24, 2.45) is 0 Å². The van der Waals surface area contributed by atoms with Crippen LogP contribution in [-0.4, -0.2) is 0 Å². The van der Waals surface area contributed by atoms with E-state index >= 15 is 0 Å². The van der Waals surface area contributed by atoms with Gasteiger partial charge in [0.25, 0.3) is 0 Å². The van der Waals surface area contributed by atoms with E-state index in [1.807, 2.05) is 18.4 Å². The summed E-state index contributed by atoms with van der Waals surface area (Å²) in [5.74, 6) is 0. The Morgan fingerprint density at radius 3 is 1.59 bits per heavy atom. The molecule has 1 heterocycles. The topological polar surface area (TPSA) is 13.1 Å². The van der Waals surface area contributed by atoms with Gasteiger partial charge in [0, 0.05) is 16.5 Å². The summed E-state index contributed by atoms with van der Waals surface area (Å²) in [6, 6.07) is 50.1. The lowest BCUT2D eigenvalue weighted by Crippen LogP contribution is -1.90. The Morgan fingerprint density at radius 2 is 0.897 bits per heavy atom. The van der Waals surface area contributed by atoms with Crippen LogP contribution in [0.4, 0.5) is 0 Å². The molecule has 0 bridgehead atoms. The van der Waals surface area contributed by atoms with Crippen LogP contribution in [0.1, 0.15) is 0 Å². The van der Waals surface area contributed by atoms with Gasteiger partial charge < -0.3 is 4.42 Å². The molecule has 39 heavy (non-hydrogen) atoms. The molecular weight excluding hydrogens is 472 g/mol. The second kappa shape index (κ2) is 8.72. The summed E-state index contributed by atoms with van der Waals surface area (Å²) >= 11 is 0. The quantitative estimate of drug-likeness (QED) is 0.222. The Hall–Kier alpha value is -5.14. The van der Waals surface area contributed by atoms with Gasteiger partial charge in [-0.1, -0.05) is 121 Å². The van der Waals surface area contributed by atoms with E-state index < -0.39 is 0 Å². The first-order valence-corrected chi connectivity index (χ1v) is 13.3. The SMILES string of the molecule is c1ccc(-c2ccc3ccc(-c4c5ccccc5c(-c5coc6ccccc56)c5ccccc45)cc3c2)cc1. The minimum atomic E-state index is 0.911. The minimum Gasteiger partial charge on any atom is -0.464 e. The first-order chi connectivity index (χ1) is 19.3. The summed E-state index contributed by atoms with van der Waals surface area (Å²) in [6.07, 6.45) is 1.92. The summed E-state index contributed by atoms with van der Waals surface area (Å²) in [5, 5.41) is 8.58. The average Bonchev–Trinajstić information content (AvgIpc) is 3.43. The molecule has 0 aliphatic rings. The molecule has 0 unspecified atom stereocenters. The Kier molecular flexibility index (Phi) is 4.89. The van der Waals surface area contributed by atoms with Crippen LogP contribution in [0.15, 0.2) is 150 Å². The number of benzene rings is 7. The van der Waals surface area contributed by atoms with Gasteiger partial charge in [0.2, 0.25) is 0 Å². The number of hydrogen-bond acceptors (Lipinski definition) is 1. The van der Waals surface area contributed by atoms with Crippen LogP contribution in [0.2, 0.25) is 0 Å². The summed E-state index contributed by atoms with van der Waals surface area (Å²) in [7, 11) is 0. The standard InChI is InChI=1S/C38H24O/c1-2-10-25(11-3-1)27-20-18-26-19-21-28(23-29(26)22-27)37-31-13-4-6-15-33(31)38(34-16-7-5-14-32(34)37)35-24-39-36-17-9-8-12-30(35)36/h1-24H. The van der Waals surface area contributed by atoms with Gasteiger partial charge in [0.05, 0.1) is 6.26 Å². The molecule has 1 nitrogen and oxygen atoms in total. The molecule has 0 saturated carbocycles. The Labute approximate surface area is 226 Å². The van der Waals surface area contributed by atoms with Gasteiger partial charge in [-0.2, -0.15) is 0 Å². The van der Waals surface area contributed by atoms with Crippen molar-refractivity contribution in [1.82, 2.24) is 0 Å². The molecule has 0 aliphatic carbocycles. The largest absolute Gasteiger partial charge is 0.464 e. The average molecular weight is 497 g/mol. The summed E-state index contributed by atoms with van der Waals surface area (Å²) in [5.41, 5.74) is 8.23. The predicted octanol–water partition coefficient (Wildman–Crippen LogP) is 10.9. The maximum atomic E-state index is 6.01. The molecule has 7 aromatic carbocycles. The third kappa shape index (κ3) is 3.48. The fourth-order valence-electron chi connectivity index (χ4n) is 6.11. The van der Waals surface area contributed by atoms with Crippen LogP contribution in [0, 0.1) is 0 Å². The number of rotatable bonds is 3. The van der Waals surface area contributed by atoms with E-state index in [2.05, 4.69) is 127 Å². The highest BCUT2D eigenvalue weighted by molar-refractivity contribution is 6.23. The maximum absolute atomic E-state index is 6.01. The van der Waals surface area contributed by atoms with Crippen molar-refractivity contribution in [2.45, 2.75) is 0 Å². The number of fused-ring (bicyclic) bond motifs is 4. The van der Waals surface area contributed by atoms with Crippen molar-refractivity contribution in [3.8, 4) is 33.4 Å². The third-order valence-electron chi connectivity index (χ3n) is 7.92. The highest BCUT2D eigenvalue weighted by atomic mass is 16.3. The zero-order chi connectivity index (χ0) is 25.8. The first-order valence-electron chi connectivity index (χ1n) is 13.3. The lowest BCUT2D eigenvalue weighted by Gasteiger charge is -2.17. The van der Waals surface area contributed by atoms with Gasteiger partial charge in [0.15, 0.2) is 0 Å². The Bertz CT molecular complexity index is 2110. The summed E-state index contributed by atoms with van der Waals surface area (Å²) in [4.78, 5) is 0. The lowest BCUT2D eigenvalue weighted by molar-refractivity contribution is 0.617. The molecule has 0 radical (unpaired) electrons. The number of furan rings is 1. The zero-order valence-electron chi connectivity index (χ0n) is 21.3. The predicted molar refractivity (Wildman–Crippen MR) is 165 cm³/mol. The van der Waals surface area contributed by atoms with E-state index in [1.54, 1.807) is 0 Å². The molecule has 0 spiro atoms. The highest BCUT2D eigenvalue weighted by Crippen LogP contribution is 2.46. The molecular formula is C38H24O. The minimum absolute atomic E-state index is 0.911. The van der Waals surface area contributed by atoms with Crippen molar-refractivity contribution >= 4 is 43.3 Å². The molecule has 1 aromatic heterocycles. The van der Waals surface area contributed by atoms with Crippen molar-refractivity contribution < 1.29 is 4.42 Å².